The molecular weight excluding hydrogens is 292 g/mol. The number of pyridine rings is 1. The Hall–Kier alpha value is -2.82. The van der Waals surface area contributed by atoms with Crippen molar-refractivity contribution in [3.8, 4) is 0 Å². The second-order valence-corrected chi connectivity index (χ2v) is 5.66. The van der Waals surface area contributed by atoms with Crippen LogP contribution in [0.4, 0.5) is 0 Å². The Morgan fingerprint density at radius 2 is 1.96 bits per heavy atom. The monoisotopic (exact) mass is 310 g/mol. The largest absolute Gasteiger partial charge is 0.466 e. The van der Waals surface area contributed by atoms with Crippen LogP contribution < -0.4 is 10.9 Å². The first-order valence-corrected chi connectivity index (χ1v) is 7.45. The summed E-state index contributed by atoms with van der Waals surface area (Å²) in [5.74, 6) is 1.26. The Morgan fingerprint density at radius 1 is 1.22 bits per heavy atom. The summed E-state index contributed by atoms with van der Waals surface area (Å²) in [4.78, 5) is 27.1. The molecule has 118 valence electrons. The number of amides is 1. The highest BCUT2D eigenvalue weighted by Crippen LogP contribution is 2.21. The number of hydrogen-bond acceptors (Lipinski definition) is 3. The number of furan rings is 1. The van der Waals surface area contributed by atoms with Crippen molar-refractivity contribution in [3.05, 3.63) is 69.5 Å². The molecule has 0 fully saturated rings. The Bertz CT molecular complexity index is 937. The number of benzene rings is 1. The number of H-pyrrole nitrogens is 1. The Balaban J connectivity index is 1.89. The molecule has 1 atom stereocenters. The van der Waals surface area contributed by atoms with E-state index in [9.17, 15) is 9.59 Å². The minimum Gasteiger partial charge on any atom is -0.466 e. The second-order valence-electron chi connectivity index (χ2n) is 5.66. The summed E-state index contributed by atoms with van der Waals surface area (Å²) in [6.45, 7) is 5.61. The average molecular weight is 310 g/mol. The normalized spacial score (nSPS) is 12.3. The van der Waals surface area contributed by atoms with Gasteiger partial charge in [0.2, 0.25) is 0 Å². The molecule has 0 radical (unpaired) electrons. The molecule has 2 N–H and O–H groups in total. The molecule has 0 saturated heterocycles. The van der Waals surface area contributed by atoms with E-state index >= 15 is 0 Å². The average Bonchev–Trinajstić information content (AvgIpc) is 2.86. The van der Waals surface area contributed by atoms with E-state index in [0.717, 1.165) is 22.5 Å². The smallest absolute Gasteiger partial charge is 0.268 e. The van der Waals surface area contributed by atoms with Crippen molar-refractivity contribution >= 4 is 16.7 Å². The van der Waals surface area contributed by atoms with Crippen molar-refractivity contribution in [1.82, 2.24) is 10.3 Å². The highest BCUT2D eigenvalue weighted by Gasteiger charge is 2.17. The lowest BCUT2D eigenvalue weighted by Crippen LogP contribution is -2.29. The van der Waals surface area contributed by atoms with E-state index in [4.69, 9.17) is 4.42 Å². The molecule has 0 bridgehead atoms. The van der Waals surface area contributed by atoms with Crippen molar-refractivity contribution in [3.63, 3.8) is 0 Å². The topological polar surface area (TPSA) is 75.1 Å². The first-order valence-electron chi connectivity index (χ1n) is 7.45. The number of aromatic nitrogens is 1. The zero-order valence-corrected chi connectivity index (χ0v) is 13.3. The van der Waals surface area contributed by atoms with E-state index in [1.54, 1.807) is 18.2 Å². The van der Waals surface area contributed by atoms with Gasteiger partial charge in [-0.1, -0.05) is 18.2 Å². The van der Waals surface area contributed by atoms with Gasteiger partial charge in [0.1, 0.15) is 17.2 Å². The zero-order chi connectivity index (χ0) is 16.6. The molecule has 1 aromatic carbocycles. The summed E-state index contributed by atoms with van der Waals surface area (Å²) < 4.78 is 5.49. The molecule has 5 heteroatoms. The zero-order valence-electron chi connectivity index (χ0n) is 13.3. The van der Waals surface area contributed by atoms with Gasteiger partial charge >= 0.3 is 0 Å². The molecular formula is C18H18N2O3. The molecule has 2 heterocycles. The molecule has 23 heavy (non-hydrogen) atoms. The standard InChI is InChI=1S/C18H18N2O3/c1-10-8-15(12(3)23-10)11(2)19-18(22)16-9-13-6-4-5-7-14(13)17(21)20-16/h4-9,11H,1-3H3,(H,19,22)(H,20,21). The predicted octanol–water partition coefficient (Wildman–Crippen LogP) is 3.23. The molecule has 0 aliphatic heterocycles. The van der Waals surface area contributed by atoms with Crippen LogP contribution in [0.3, 0.4) is 0 Å². The fourth-order valence-electron chi connectivity index (χ4n) is 2.77. The second kappa shape index (κ2) is 5.76. The van der Waals surface area contributed by atoms with Crippen molar-refractivity contribution < 1.29 is 9.21 Å². The molecule has 3 aromatic rings. The van der Waals surface area contributed by atoms with Gasteiger partial charge in [0.05, 0.1) is 6.04 Å². The van der Waals surface area contributed by atoms with Crippen LogP contribution in [0, 0.1) is 13.8 Å². The minimum absolute atomic E-state index is 0.213. The lowest BCUT2D eigenvalue weighted by molar-refractivity contribution is 0.0934. The fourth-order valence-corrected chi connectivity index (χ4v) is 2.77. The third-order valence-corrected chi connectivity index (χ3v) is 3.89. The molecule has 5 nitrogen and oxygen atoms in total. The Kier molecular flexibility index (Phi) is 3.78. The van der Waals surface area contributed by atoms with Crippen molar-refractivity contribution in [2.24, 2.45) is 0 Å². The molecule has 0 aliphatic carbocycles. The molecule has 0 saturated carbocycles. The van der Waals surface area contributed by atoms with Gasteiger partial charge in [-0.05, 0) is 44.4 Å². The molecule has 1 unspecified atom stereocenters. The number of nitrogens with one attached hydrogen (secondary N) is 2. The Labute approximate surface area is 133 Å². The quantitative estimate of drug-likeness (QED) is 0.780. The van der Waals surface area contributed by atoms with Crippen LogP contribution in [-0.4, -0.2) is 10.9 Å². The SMILES string of the molecule is Cc1cc(C(C)NC(=O)c2cc3ccccc3c(=O)[nH]2)c(C)o1. The van der Waals surface area contributed by atoms with Gasteiger partial charge < -0.3 is 14.7 Å². The maximum absolute atomic E-state index is 12.4. The summed E-state index contributed by atoms with van der Waals surface area (Å²) in [7, 11) is 0. The molecule has 0 aliphatic rings. The van der Waals surface area contributed by atoms with Crippen LogP contribution in [0.5, 0.6) is 0 Å². The molecule has 2 aromatic heterocycles. The van der Waals surface area contributed by atoms with E-state index < -0.39 is 0 Å². The summed E-state index contributed by atoms with van der Waals surface area (Å²) in [6, 6.07) is 10.6. The van der Waals surface area contributed by atoms with E-state index in [1.165, 1.54) is 0 Å². The molecule has 1 amide bonds. The molecule has 0 spiro atoms. The lowest BCUT2D eigenvalue weighted by atomic mass is 10.1. The van der Waals surface area contributed by atoms with Gasteiger partial charge in [0.15, 0.2) is 0 Å². The van der Waals surface area contributed by atoms with E-state index in [1.807, 2.05) is 39.0 Å². The van der Waals surface area contributed by atoms with Crippen LogP contribution in [-0.2, 0) is 0 Å². The summed E-state index contributed by atoms with van der Waals surface area (Å²) in [5, 5.41) is 4.20. The number of hydrogen-bond donors (Lipinski definition) is 2. The van der Waals surface area contributed by atoms with Gasteiger partial charge in [-0.15, -0.1) is 0 Å². The van der Waals surface area contributed by atoms with Crippen LogP contribution in [0.25, 0.3) is 10.8 Å². The number of carbonyl (C=O) groups is 1. The molecule has 3 rings (SSSR count). The van der Waals surface area contributed by atoms with Crippen LogP contribution in [0.2, 0.25) is 0 Å². The van der Waals surface area contributed by atoms with E-state index in [0.29, 0.717) is 5.39 Å². The Morgan fingerprint density at radius 3 is 2.65 bits per heavy atom. The third-order valence-electron chi connectivity index (χ3n) is 3.89. The highest BCUT2D eigenvalue weighted by molar-refractivity contribution is 5.96. The van der Waals surface area contributed by atoms with Crippen LogP contribution >= 0.6 is 0 Å². The van der Waals surface area contributed by atoms with E-state index in [2.05, 4.69) is 10.3 Å². The minimum atomic E-state index is -0.321. The number of fused-ring (bicyclic) bond motifs is 1. The van der Waals surface area contributed by atoms with Gasteiger partial charge in [-0.3, -0.25) is 9.59 Å². The maximum atomic E-state index is 12.4. The van der Waals surface area contributed by atoms with Gasteiger partial charge in [0.25, 0.3) is 11.5 Å². The lowest BCUT2D eigenvalue weighted by Gasteiger charge is -2.13. The van der Waals surface area contributed by atoms with Crippen molar-refractivity contribution in [2.75, 3.05) is 0 Å². The number of rotatable bonds is 3. The van der Waals surface area contributed by atoms with Crippen molar-refractivity contribution in [2.45, 2.75) is 26.8 Å². The summed E-state index contributed by atoms with van der Waals surface area (Å²) >= 11 is 0. The van der Waals surface area contributed by atoms with Gasteiger partial charge in [-0.25, -0.2) is 0 Å². The van der Waals surface area contributed by atoms with Crippen molar-refractivity contribution in [1.29, 1.82) is 0 Å². The van der Waals surface area contributed by atoms with Gasteiger partial charge in [0, 0.05) is 10.9 Å². The van der Waals surface area contributed by atoms with Gasteiger partial charge in [-0.2, -0.15) is 0 Å². The number of aryl methyl sites for hydroxylation is 2. The summed E-state index contributed by atoms with van der Waals surface area (Å²) in [6.07, 6.45) is 0. The third kappa shape index (κ3) is 2.90. The number of aromatic amines is 1. The fraction of sp³-hybridized carbons (Fsp3) is 0.222. The maximum Gasteiger partial charge on any atom is 0.268 e. The first-order chi connectivity index (χ1) is 11.0. The number of carbonyl (C=O) groups excluding carboxylic acids is 1. The van der Waals surface area contributed by atoms with E-state index in [-0.39, 0.29) is 23.2 Å². The first kappa shape index (κ1) is 15.1. The van der Waals surface area contributed by atoms with Crippen LogP contribution in [0.15, 0.2) is 45.6 Å². The summed E-state index contributed by atoms with van der Waals surface area (Å²) in [5.41, 5.74) is 0.911. The highest BCUT2D eigenvalue weighted by atomic mass is 16.3. The predicted molar refractivity (Wildman–Crippen MR) is 88.6 cm³/mol. The van der Waals surface area contributed by atoms with Crippen LogP contribution in [0.1, 0.15) is 40.5 Å².